The fourth-order valence-corrected chi connectivity index (χ4v) is 6.41. The summed E-state index contributed by atoms with van der Waals surface area (Å²) in [7, 11) is -3.86. The number of benzene rings is 2. The molecule has 0 bridgehead atoms. The second-order valence-electron chi connectivity index (χ2n) is 7.63. The number of rotatable bonds is 6. The first-order chi connectivity index (χ1) is 14.6. The first-order valence-corrected chi connectivity index (χ1v) is 12.7. The summed E-state index contributed by atoms with van der Waals surface area (Å²) in [5.74, 6) is -0.357. The van der Waals surface area contributed by atoms with Gasteiger partial charge in [0.1, 0.15) is 10.6 Å². The molecule has 0 aromatic heterocycles. The summed E-state index contributed by atoms with van der Waals surface area (Å²) in [4.78, 5) is 13.0. The van der Waals surface area contributed by atoms with Gasteiger partial charge >= 0.3 is 0 Å². The summed E-state index contributed by atoms with van der Waals surface area (Å²) in [6, 6.07) is 8.44. The van der Waals surface area contributed by atoms with Crippen LogP contribution in [0.3, 0.4) is 0 Å². The van der Waals surface area contributed by atoms with Crippen LogP contribution in [-0.2, 0) is 14.8 Å². The highest BCUT2D eigenvalue weighted by Gasteiger charge is 2.35. The van der Waals surface area contributed by atoms with Crippen LogP contribution < -0.4 is 10.1 Å². The Kier molecular flexibility index (Phi) is 7.68. The van der Waals surface area contributed by atoms with E-state index in [1.165, 1.54) is 10.4 Å². The maximum absolute atomic E-state index is 13.4. The van der Waals surface area contributed by atoms with Gasteiger partial charge in [0.15, 0.2) is 0 Å². The van der Waals surface area contributed by atoms with Gasteiger partial charge in [0.05, 0.1) is 12.5 Å². The molecule has 1 N–H and O–H groups in total. The van der Waals surface area contributed by atoms with Crippen molar-refractivity contribution < 1.29 is 17.9 Å². The molecule has 1 atom stereocenters. The Morgan fingerprint density at radius 2 is 1.94 bits per heavy atom. The van der Waals surface area contributed by atoms with E-state index >= 15 is 0 Å². The van der Waals surface area contributed by atoms with Crippen molar-refractivity contribution in [3.8, 4) is 5.75 Å². The Balaban J connectivity index is 1.82. The predicted octanol–water partition coefficient (Wildman–Crippen LogP) is 5.16. The van der Waals surface area contributed by atoms with Gasteiger partial charge in [-0.3, -0.25) is 4.79 Å². The molecule has 1 amide bonds. The van der Waals surface area contributed by atoms with Crippen LogP contribution in [0.1, 0.15) is 30.9 Å². The number of nitrogens with one attached hydrogen (secondary N) is 1. The van der Waals surface area contributed by atoms with Gasteiger partial charge in [0, 0.05) is 28.3 Å². The third-order valence-electron chi connectivity index (χ3n) is 5.32. The molecule has 1 aliphatic heterocycles. The highest BCUT2D eigenvalue weighted by atomic mass is 79.9. The Morgan fingerprint density at radius 3 is 2.58 bits per heavy atom. The average Bonchev–Trinajstić information content (AvgIpc) is 2.72. The van der Waals surface area contributed by atoms with Crippen LogP contribution in [0.25, 0.3) is 0 Å². The fourth-order valence-electron chi connectivity index (χ4n) is 3.81. The smallest absolute Gasteiger partial charge is 0.246 e. The zero-order chi connectivity index (χ0) is 22.8. The van der Waals surface area contributed by atoms with Gasteiger partial charge in [-0.1, -0.05) is 27.5 Å². The van der Waals surface area contributed by atoms with Crippen LogP contribution in [0, 0.1) is 19.8 Å². The molecule has 2 aromatic rings. The average molecular weight is 530 g/mol. The van der Waals surface area contributed by atoms with Gasteiger partial charge in [0.2, 0.25) is 15.9 Å². The molecule has 1 heterocycles. The van der Waals surface area contributed by atoms with Crippen LogP contribution >= 0.6 is 27.5 Å². The standard InChI is InChI=1S/C22H26BrClN2O4S/c1-4-30-19-8-7-18(24)12-20(19)31(28,29)26-9-5-6-16(13-26)22(27)25-21-14(2)10-17(23)11-15(21)3/h7-8,10-12,16H,4-6,9,13H2,1-3H3,(H,25,27)/t16-/m1/s1. The normalized spacial score (nSPS) is 17.4. The van der Waals surface area contributed by atoms with E-state index in [9.17, 15) is 13.2 Å². The largest absolute Gasteiger partial charge is 0.492 e. The Bertz CT molecular complexity index is 1070. The van der Waals surface area contributed by atoms with Gasteiger partial charge in [-0.05, 0) is 75.1 Å². The monoisotopic (exact) mass is 528 g/mol. The van der Waals surface area contributed by atoms with Gasteiger partial charge in [-0.15, -0.1) is 0 Å². The molecule has 6 nitrogen and oxygen atoms in total. The molecule has 0 radical (unpaired) electrons. The third-order valence-corrected chi connectivity index (χ3v) is 7.90. The van der Waals surface area contributed by atoms with Crippen molar-refractivity contribution in [3.63, 3.8) is 0 Å². The molecule has 31 heavy (non-hydrogen) atoms. The van der Waals surface area contributed by atoms with E-state index in [0.717, 1.165) is 21.3 Å². The van der Waals surface area contributed by atoms with Gasteiger partial charge in [0.25, 0.3) is 0 Å². The molecule has 2 aromatic carbocycles. The Morgan fingerprint density at radius 1 is 1.26 bits per heavy atom. The minimum absolute atomic E-state index is 0.0301. The molecule has 1 fully saturated rings. The molecule has 9 heteroatoms. The molecule has 0 spiro atoms. The van der Waals surface area contributed by atoms with Crippen LogP contribution in [-0.4, -0.2) is 38.3 Å². The number of ether oxygens (including phenoxy) is 1. The van der Waals surface area contributed by atoms with E-state index < -0.39 is 15.9 Å². The van der Waals surface area contributed by atoms with Crippen molar-refractivity contribution in [2.75, 3.05) is 25.0 Å². The van der Waals surface area contributed by atoms with Crippen molar-refractivity contribution in [1.82, 2.24) is 4.31 Å². The number of carbonyl (C=O) groups excluding carboxylic acids is 1. The molecule has 1 saturated heterocycles. The second-order valence-corrected chi connectivity index (χ2v) is 10.9. The van der Waals surface area contributed by atoms with E-state index in [4.69, 9.17) is 16.3 Å². The van der Waals surface area contributed by atoms with Gasteiger partial charge in [-0.2, -0.15) is 4.31 Å². The Labute approximate surface area is 197 Å². The van der Waals surface area contributed by atoms with E-state index in [1.807, 2.05) is 26.0 Å². The predicted molar refractivity (Wildman–Crippen MR) is 126 cm³/mol. The van der Waals surface area contributed by atoms with E-state index in [0.29, 0.717) is 31.0 Å². The quantitative estimate of drug-likeness (QED) is 0.561. The van der Waals surface area contributed by atoms with Gasteiger partial charge in [-0.25, -0.2) is 8.42 Å². The van der Waals surface area contributed by atoms with E-state index in [2.05, 4.69) is 21.2 Å². The second kappa shape index (κ2) is 9.90. The number of sulfonamides is 1. The molecule has 0 saturated carbocycles. The van der Waals surface area contributed by atoms with Crippen LogP contribution in [0.5, 0.6) is 5.75 Å². The topological polar surface area (TPSA) is 75.7 Å². The number of hydrogen-bond donors (Lipinski definition) is 1. The van der Waals surface area contributed by atoms with Crippen molar-refractivity contribution >= 4 is 49.1 Å². The number of aryl methyl sites for hydroxylation is 2. The summed E-state index contributed by atoms with van der Waals surface area (Å²) >= 11 is 9.52. The lowest BCUT2D eigenvalue weighted by Gasteiger charge is -2.32. The lowest BCUT2D eigenvalue weighted by Crippen LogP contribution is -2.43. The van der Waals surface area contributed by atoms with Crippen molar-refractivity contribution in [2.24, 2.45) is 5.92 Å². The maximum Gasteiger partial charge on any atom is 0.246 e. The number of halogens is 2. The molecular formula is C22H26BrClN2O4S. The van der Waals surface area contributed by atoms with Crippen molar-refractivity contribution in [2.45, 2.75) is 38.5 Å². The molecule has 1 aliphatic rings. The highest BCUT2D eigenvalue weighted by molar-refractivity contribution is 9.10. The van der Waals surface area contributed by atoms with E-state index in [1.54, 1.807) is 19.1 Å². The summed E-state index contributed by atoms with van der Waals surface area (Å²) in [5, 5.41) is 3.32. The van der Waals surface area contributed by atoms with Crippen LogP contribution in [0.15, 0.2) is 39.7 Å². The summed E-state index contributed by atoms with van der Waals surface area (Å²) in [5.41, 5.74) is 2.66. The summed E-state index contributed by atoms with van der Waals surface area (Å²) in [6.07, 6.45) is 1.22. The lowest BCUT2D eigenvalue weighted by molar-refractivity contribution is -0.120. The van der Waals surface area contributed by atoms with Crippen LogP contribution in [0.4, 0.5) is 5.69 Å². The van der Waals surface area contributed by atoms with E-state index in [-0.39, 0.29) is 23.1 Å². The first kappa shape index (κ1) is 24.0. The van der Waals surface area contributed by atoms with Crippen molar-refractivity contribution in [1.29, 1.82) is 0 Å². The number of amides is 1. The highest BCUT2D eigenvalue weighted by Crippen LogP contribution is 2.33. The zero-order valence-corrected chi connectivity index (χ0v) is 20.9. The van der Waals surface area contributed by atoms with Crippen LogP contribution in [0.2, 0.25) is 5.02 Å². The lowest BCUT2D eigenvalue weighted by atomic mass is 9.98. The number of hydrogen-bond acceptors (Lipinski definition) is 4. The van der Waals surface area contributed by atoms with Crippen molar-refractivity contribution in [3.05, 3.63) is 51.0 Å². The number of piperidine rings is 1. The maximum atomic E-state index is 13.4. The summed E-state index contributed by atoms with van der Waals surface area (Å²) < 4.78 is 34.5. The molecule has 0 aliphatic carbocycles. The number of nitrogens with zero attached hydrogens (tertiary/aromatic N) is 1. The Hall–Kier alpha value is -1.61. The van der Waals surface area contributed by atoms with Gasteiger partial charge < -0.3 is 10.1 Å². The zero-order valence-electron chi connectivity index (χ0n) is 17.7. The summed E-state index contributed by atoms with van der Waals surface area (Å²) in [6.45, 7) is 6.44. The minimum Gasteiger partial charge on any atom is -0.492 e. The molecule has 3 rings (SSSR count). The molecule has 0 unspecified atom stereocenters. The number of anilines is 1. The number of carbonyl (C=O) groups is 1. The molecular weight excluding hydrogens is 504 g/mol. The first-order valence-electron chi connectivity index (χ1n) is 10.1. The third kappa shape index (κ3) is 5.42. The minimum atomic E-state index is -3.86. The fraction of sp³-hybridized carbons (Fsp3) is 0.409. The SMILES string of the molecule is CCOc1ccc(Cl)cc1S(=O)(=O)N1CCC[C@@H](C(=O)Nc2c(C)cc(Br)cc2C)C1. The molecule has 168 valence electrons.